The molecule has 0 atom stereocenters. The number of anilines is 2. The van der Waals surface area contributed by atoms with E-state index in [9.17, 15) is 10.1 Å². The zero-order chi connectivity index (χ0) is 23.3. The number of aromatic amines is 1. The zero-order valence-electron chi connectivity index (χ0n) is 18.0. The number of hydrogen-bond donors (Lipinski definition) is 3. The minimum atomic E-state index is -0.221. The molecule has 8 nitrogen and oxygen atoms in total. The molecule has 0 unspecified atom stereocenters. The molecule has 34 heavy (non-hydrogen) atoms. The van der Waals surface area contributed by atoms with Gasteiger partial charge in [-0.3, -0.25) is 9.78 Å². The van der Waals surface area contributed by atoms with Crippen LogP contribution in [-0.2, 0) is 6.54 Å². The lowest BCUT2D eigenvalue weighted by Crippen LogP contribution is -2.12. The predicted octanol–water partition coefficient (Wildman–Crippen LogP) is 4.76. The van der Waals surface area contributed by atoms with Gasteiger partial charge in [0.15, 0.2) is 5.82 Å². The average molecular weight is 445 g/mol. The van der Waals surface area contributed by atoms with Gasteiger partial charge in [0.2, 0.25) is 0 Å². The summed E-state index contributed by atoms with van der Waals surface area (Å²) in [5.74, 6) is 0.964. The molecule has 0 fully saturated rings. The van der Waals surface area contributed by atoms with Gasteiger partial charge in [0.1, 0.15) is 17.6 Å². The molecule has 0 saturated heterocycles. The molecule has 3 N–H and O–H groups in total. The third-order valence-electron chi connectivity index (χ3n) is 5.22. The van der Waals surface area contributed by atoms with Crippen LogP contribution < -0.4 is 10.6 Å². The van der Waals surface area contributed by atoms with Crippen LogP contribution in [0.2, 0.25) is 0 Å². The maximum absolute atomic E-state index is 12.9. The summed E-state index contributed by atoms with van der Waals surface area (Å²) in [6.07, 6.45) is 3.35. The number of nitrogens with zero attached hydrogens (tertiary/aromatic N) is 4. The molecule has 0 aliphatic heterocycles. The molecular formula is C26H19N7O. The highest BCUT2D eigenvalue weighted by Crippen LogP contribution is 2.22. The molecule has 8 heteroatoms. The summed E-state index contributed by atoms with van der Waals surface area (Å²) in [6, 6.07) is 24.0. The first-order chi connectivity index (χ1) is 16.7. The van der Waals surface area contributed by atoms with Crippen LogP contribution in [0.4, 0.5) is 11.5 Å². The maximum Gasteiger partial charge on any atom is 0.255 e. The largest absolute Gasteiger partial charge is 0.365 e. The van der Waals surface area contributed by atoms with Crippen molar-refractivity contribution in [3.63, 3.8) is 0 Å². The molecule has 0 aliphatic rings. The number of rotatable bonds is 6. The Morgan fingerprint density at radius 3 is 2.74 bits per heavy atom. The van der Waals surface area contributed by atoms with Gasteiger partial charge in [0.25, 0.3) is 5.91 Å². The molecule has 0 saturated carbocycles. The summed E-state index contributed by atoms with van der Waals surface area (Å²) in [7, 11) is 0. The Bertz CT molecular complexity index is 1520. The zero-order valence-corrected chi connectivity index (χ0v) is 18.0. The van der Waals surface area contributed by atoms with E-state index in [4.69, 9.17) is 0 Å². The number of H-pyrrole nitrogens is 1. The smallest absolute Gasteiger partial charge is 0.255 e. The fraction of sp³-hybridized carbons (Fsp3) is 0.0385. The van der Waals surface area contributed by atoms with Gasteiger partial charge in [-0.05, 0) is 60.2 Å². The van der Waals surface area contributed by atoms with Crippen LogP contribution in [0, 0.1) is 11.3 Å². The van der Waals surface area contributed by atoms with Gasteiger partial charge in [0.05, 0.1) is 16.6 Å². The van der Waals surface area contributed by atoms with Crippen molar-refractivity contribution in [2.24, 2.45) is 0 Å². The second-order valence-electron chi connectivity index (χ2n) is 7.55. The number of amides is 1. The third-order valence-corrected chi connectivity index (χ3v) is 5.22. The minimum absolute atomic E-state index is 0.221. The number of nitrogens with one attached hydrogen (secondary N) is 3. The molecule has 5 aromatic rings. The SMILES string of the molecule is N#Cc1cccnc1NCc1cccc(C(=O)Nc2ccc3nc(-c4ccccn4)[nH]c3c2)c1. The number of pyridine rings is 2. The highest BCUT2D eigenvalue weighted by Gasteiger charge is 2.11. The molecule has 1 amide bonds. The van der Waals surface area contributed by atoms with Crippen LogP contribution in [0.1, 0.15) is 21.5 Å². The Balaban J connectivity index is 1.30. The molecule has 3 heterocycles. The molecule has 0 bridgehead atoms. The number of fused-ring (bicyclic) bond motifs is 1. The van der Waals surface area contributed by atoms with Gasteiger partial charge in [-0.25, -0.2) is 9.97 Å². The number of nitriles is 1. The summed E-state index contributed by atoms with van der Waals surface area (Å²) in [5, 5.41) is 15.3. The number of carbonyl (C=O) groups is 1. The molecule has 5 rings (SSSR count). The van der Waals surface area contributed by atoms with Gasteiger partial charge < -0.3 is 15.6 Å². The Kier molecular flexibility index (Phi) is 5.65. The molecule has 2 aromatic carbocycles. The topological polar surface area (TPSA) is 119 Å². The molecule has 164 valence electrons. The minimum Gasteiger partial charge on any atom is -0.365 e. The van der Waals surface area contributed by atoms with Crippen molar-refractivity contribution in [2.75, 3.05) is 10.6 Å². The maximum atomic E-state index is 12.9. The van der Waals surface area contributed by atoms with Gasteiger partial charge in [-0.2, -0.15) is 5.26 Å². The van der Waals surface area contributed by atoms with E-state index in [-0.39, 0.29) is 5.91 Å². The van der Waals surface area contributed by atoms with E-state index in [2.05, 4.69) is 36.6 Å². The Hall–Kier alpha value is -5.03. The van der Waals surface area contributed by atoms with Crippen LogP contribution in [0.15, 0.2) is 85.2 Å². The average Bonchev–Trinajstić information content (AvgIpc) is 3.32. The van der Waals surface area contributed by atoms with Gasteiger partial charge in [0, 0.05) is 30.2 Å². The first-order valence-corrected chi connectivity index (χ1v) is 10.6. The van der Waals surface area contributed by atoms with E-state index in [1.54, 1.807) is 30.6 Å². The lowest BCUT2D eigenvalue weighted by molar-refractivity contribution is 0.102. The lowest BCUT2D eigenvalue weighted by atomic mass is 10.1. The number of carbonyl (C=O) groups excluding carboxylic acids is 1. The monoisotopic (exact) mass is 445 g/mol. The second kappa shape index (κ2) is 9.22. The van der Waals surface area contributed by atoms with Crippen molar-refractivity contribution < 1.29 is 4.79 Å². The predicted molar refractivity (Wildman–Crippen MR) is 130 cm³/mol. The van der Waals surface area contributed by atoms with Gasteiger partial charge >= 0.3 is 0 Å². The van der Waals surface area contributed by atoms with Crippen molar-refractivity contribution in [1.29, 1.82) is 5.26 Å². The fourth-order valence-electron chi connectivity index (χ4n) is 3.56. The summed E-state index contributed by atoms with van der Waals surface area (Å²) in [5.41, 5.74) is 4.90. The Morgan fingerprint density at radius 1 is 0.971 bits per heavy atom. The van der Waals surface area contributed by atoms with Crippen LogP contribution in [0.3, 0.4) is 0 Å². The molecule has 3 aromatic heterocycles. The van der Waals surface area contributed by atoms with E-state index < -0.39 is 0 Å². The molecule has 0 aliphatic carbocycles. The quantitative estimate of drug-likeness (QED) is 0.347. The van der Waals surface area contributed by atoms with Crippen molar-refractivity contribution in [3.8, 4) is 17.6 Å². The number of imidazole rings is 1. The molecular weight excluding hydrogens is 426 g/mol. The highest BCUT2D eigenvalue weighted by molar-refractivity contribution is 6.05. The van der Waals surface area contributed by atoms with Crippen molar-refractivity contribution in [1.82, 2.24) is 19.9 Å². The van der Waals surface area contributed by atoms with Crippen molar-refractivity contribution >= 4 is 28.4 Å². The van der Waals surface area contributed by atoms with Gasteiger partial charge in [-0.1, -0.05) is 18.2 Å². The van der Waals surface area contributed by atoms with E-state index >= 15 is 0 Å². The second-order valence-corrected chi connectivity index (χ2v) is 7.55. The van der Waals surface area contributed by atoms with Crippen molar-refractivity contribution in [2.45, 2.75) is 6.54 Å². The third kappa shape index (κ3) is 4.45. The number of benzene rings is 2. The van der Waals surface area contributed by atoms with E-state index in [0.717, 1.165) is 22.3 Å². The lowest BCUT2D eigenvalue weighted by Gasteiger charge is -2.09. The van der Waals surface area contributed by atoms with E-state index in [0.29, 0.717) is 35.0 Å². The first-order valence-electron chi connectivity index (χ1n) is 10.6. The van der Waals surface area contributed by atoms with Crippen LogP contribution >= 0.6 is 0 Å². The van der Waals surface area contributed by atoms with Crippen LogP contribution in [-0.4, -0.2) is 25.8 Å². The molecule has 0 spiro atoms. The van der Waals surface area contributed by atoms with Gasteiger partial charge in [-0.15, -0.1) is 0 Å². The summed E-state index contributed by atoms with van der Waals surface area (Å²) in [4.78, 5) is 29.2. The van der Waals surface area contributed by atoms with E-state index in [1.807, 2.05) is 54.6 Å². The highest BCUT2D eigenvalue weighted by atomic mass is 16.1. The Morgan fingerprint density at radius 2 is 1.88 bits per heavy atom. The van der Waals surface area contributed by atoms with Crippen LogP contribution in [0.25, 0.3) is 22.6 Å². The summed E-state index contributed by atoms with van der Waals surface area (Å²) >= 11 is 0. The summed E-state index contributed by atoms with van der Waals surface area (Å²) < 4.78 is 0. The fourth-order valence-corrected chi connectivity index (χ4v) is 3.56. The summed E-state index contributed by atoms with van der Waals surface area (Å²) in [6.45, 7) is 0.434. The number of aromatic nitrogens is 4. The number of hydrogen-bond acceptors (Lipinski definition) is 6. The van der Waals surface area contributed by atoms with Crippen LogP contribution in [0.5, 0.6) is 0 Å². The standard InChI is InChI=1S/C26H19N7O/c27-15-19-7-4-12-29-24(19)30-16-17-5-3-6-18(13-17)26(34)31-20-9-10-21-23(14-20)33-25(32-21)22-8-1-2-11-28-22/h1-14H,16H2,(H,29,30)(H,31,34)(H,32,33). The Labute approximate surface area is 195 Å². The normalized spacial score (nSPS) is 10.6. The van der Waals surface area contributed by atoms with E-state index in [1.165, 1.54) is 0 Å². The first kappa shape index (κ1) is 20.8. The molecule has 0 radical (unpaired) electrons. The van der Waals surface area contributed by atoms with Crippen molar-refractivity contribution in [3.05, 3.63) is 102 Å².